The summed E-state index contributed by atoms with van der Waals surface area (Å²) in [4.78, 5) is 69.5. The van der Waals surface area contributed by atoms with Crippen molar-refractivity contribution in [1.29, 1.82) is 0 Å². The molecule has 6 saturated carbocycles. The van der Waals surface area contributed by atoms with Crippen LogP contribution in [0.5, 0.6) is 0 Å². The van der Waals surface area contributed by atoms with E-state index in [9.17, 15) is 39.3 Å². The molecule has 0 aromatic heterocycles. The largest absolute Gasteiger partial charge is 0.469 e. The van der Waals surface area contributed by atoms with Crippen LogP contribution in [0.4, 0.5) is 0 Å². The fourth-order valence-corrected chi connectivity index (χ4v) is 13.8. The van der Waals surface area contributed by atoms with Crippen LogP contribution >= 0.6 is 0 Å². The lowest BCUT2D eigenvalue weighted by Gasteiger charge is -2.63. The van der Waals surface area contributed by atoms with Crippen molar-refractivity contribution in [3.63, 3.8) is 0 Å². The van der Waals surface area contributed by atoms with Gasteiger partial charge in [-0.05, 0) is 92.8 Å². The average Bonchev–Trinajstić information content (AvgIpc) is 3.12. The molecule has 6 rings (SSSR count). The molecule has 11 heteroatoms. The molecular formula is C44H65NO10. The van der Waals surface area contributed by atoms with E-state index in [1.54, 1.807) is 19.2 Å². The number of aliphatic hydroxyl groups is 3. The maximum atomic E-state index is 14.3. The first-order valence-corrected chi connectivity index (χ1v) is 20.7. The number of esters is 2. The summed E-state index contributed by atoms with van der Waals surface area (Å²) < 4.78 is 11.4. The van der Waals surface area contributed by atoms with Crippen molar-refractivity contribution in [2.45, 2.75) is 125 Å². The zero-order chi connectivity index (χ0) is 40.6. The Balaban J connectivity index is 1.18. The first-order chi connectivity index (χ1) is 25.7. The van der Waals surface area contributed by atoms with Crippen LogP contribution in [0.2, 0.25) is 0 Å². The number of allylic oxidation sites excluding steroid dienone is 2. The number of carbonyl (C=O) groups is 5. The Morgan fingerprint density at radius 2 is 1.33 bits per heavy atom. The van der Waals surface area contributed by atoms with Gasteiger partial charge in [-0.25, -0.2) is 4.79 Å². The summed E-state index contributed by atoms with van der Waals surface area (Å²) in [6, 6.07) is 0. The van der Waals surface area contributed by atoms with Gasteiger partial charge in [0, 0.05) is 54.8 Å². The molecule has 55 heavy (non-hydrogen) atoms. The second-order valence-electron chi connectivity index (χ2n) is 19.6. The molecule has 14 atom stereocenters. The Morgan fingerprint density at radius 1 is 0.800 bits per heavy atom. The minimum absolute atomic E-state index is 0.0117. The number of amides is 1. The van der Waals surface area contributed by atoms with Crippen LogP contribution in [-0.2, 0) is 33.4 Å². The van der Waals surface area contributed by atoms with Crippen LogP contribution < -0.4 is 0 Å². The highest BCUT2D eigenvalue weighted by molar-refractivity contribution is 5.94. The van der Waals surface area contributed by atoms with Gasteiger partial charge in [0.05, 0.1) is 19.1 Å². The molecule has 0 aliphatic heterocycles. The highest BCUT2D eigenvalue weighted by atomic mass is 16.5. The zero-order valence-corrected chi connectivity index (χ0v) is 34.4. The van der Waals surface area contributed by atoms with Gasteiger partial charge >= 0.3 is 11.9 Å². The Morgan fingerprint density at radius 3 is 1.87 bits per heavy atom. The third kappa shape index (κ3) is 6.46. The molecule has 0 aromatic carbocycles. The lowest BCUT2D eigenvalue weighted by Crippen LogP contribution is -2.66. The summed E-state index contributed by atoms with van der Waals surface area (Å²) in [6.45, 7) is 14.1. The average molecular weight is 768 g/mol. The molecule has 6 aliphatic carbocycles. The van der Waals surface area contributed by atoms with Gasteiger partial charge in [0.15, 0.2) is 11.6 Å². The van der Waals surface area contributed by atoms with E-state index in [0.717, 1.165) is 30.4 Å². The highest BCUT2D eigenvalue weighted by Gasteiger charge is 2.67. The van der Waals surface area contributed by atoms with E-state index in [2.05, 4.69) is 13.8 Å². The number of hydrogen-bond donors (Lipinski definition) is 3. The molecule has 0 aromatic rings. The lowest BCUT2D eigenvalue weighted by molar-refractivity contribution is -0.202. The van der Waals surface area contributed by atoms with Crippen molar-refractivity contribution in [3.8, 4) is 0 Å². The molecule has 6 aliphatic rings. The van der Waals surface area contributed by atoms with E-state index in [4.69, 9.17) is 9.47 Å². The quantitative estimate of drug-likeness (QED) is 0.251. The van der Waals surface area contributed by atoms with E-state index in [1.165, 1.54) is 12.0 Å². The molecule has 306 valence electrons. The molecule has 1 amide bonds. The van der Waals surface area contributed by atoms with Crippen molar-refractivity contribution >= 4 is 29.4 Å². The first-order valence-electron chi connectivity index (χ1n) is 20.7. The first kappa shape index (κ1) is 41.7. The number of likely N-dealkylation sites (N-methyl/N-ethyl adjacent to an activating group) is 1. The molecule has 0 heterocycles. The molecule has 3 N–H and O–H groups in total. The second kappa shape index (κ2) is 14.8. The molecular weight excluding hydrogens is 702 g/mol. The fraction of sp³-hybridized carbons (Fsp3) is 0.795. The number of rotatable bonds is 6. The summed E-state index contributed by atoms with van der Waals surface area (Å²) in [5.41, 5.74) is -0.935. The number of nitrogens with zero attached hydrogens (tertiary/aromatic N) is 1. The van der Waals surface area contributed by atoms with Gasteiger partial charge in [0.1, 0.15) is 18.3 Å². The van der Waals surface area contributed by atoms with E-state index < -0.39 is 69.7 Å². The normalized spacial score (nSPS) is 45.1. The molecule has 1 unspecified atom stereocenters. The van der Waals surface area contributed by atoms with Crippen LogP contribution in [0, 0.1) is 69.0 Å². The van der Waals surface area contributed by atoms with Crippen LogP contribution in [0.3, 0.4) is 0 Å². The van der Waals surface area contributed by atoms with E-state index in [-0.39, 0.29) is 60.2 Å². The maximum Gasteiger partial charge on any atom is 0.331 e. The molecule has 0 spiro atoms. The van der Waals surface area contributed by atoms with E-state index >= 15 is 0 Å². The van der Waals surface area contributed by atoms with Crippen molar-refractivity contribution in [1.82, 2.24) is 4.90 Å². The number of Topliss-reactive ketones (excluding diaryl/α,β-unsaturated/α-hetero) is 2. The number of aliphatic hydroxyl groups excluding tert-OH is 3. The Bertz CT molecular complexity index is 1650. The van der Waals surface area contributed by atoms with Crippen LogP contribution in [-0.4, -0.2) is 95.3 Å². The summed E-state index contributed by atoms with van der Waals surface area (Å²) in [5, 5.41) is 32.6. The number of carbonyl (C=O) groups excluding carboxylic acids is 5. The predicted octanol–water partition coefficient (Wildman–Crippen LogP) is 4.84. The summed E-state index contributed by atoms with van der Waals surface area (Å²) >= 11 is 0. The molecule has 0 saturated heterocycles. The summed E-state index contributed by atoms with van der Waals surface area (Å²) in [6.07, 6.45) is 6.14. The third-order valence-electron chi connectivity index (χ3n) is 16.5. The minimum Gasteiger partial charge on any atom is -0.469 e. The Hall–Kier alpha value is -2.89. The molecule has 11 nitrogen and oxygen atoms in total. The van der Waals surface area contributed by atoms with E-state index in [1.807, 2.05) is 34.6 Å². The molecule has 0 radical (unpaired) electrons. The number of hydrogen-bond acceptors (Lipinski definition) is 10. The third-order valence-corrected chi connectivity index (χ3v) is 16.5. The monoisotopic (exact) mass is 767 g/mol. The lowest BCUT2D eigenvalue weighted by atomic mass is 9.42. The standard InChI is InChI=1S/C44H65NO10/c1-23-25(21-30(47)45(8)19-20-46)11-13-28-32(23)34(49)36(51)38-41(3,4)29(15-18-43(28,38)6)55-31(48)22-26-12-14-27-33(24(26)2)35(50)37(52)39-42(27,5)16-10-17-44(39,7)40(53)54-9/h21-24,27-29,32-35,38-39,46,49-50H,10-20H2,1-9H3/b25-21+,26-22+/t23-,24-,27-,28-,29?,32-,33-,34+,35+,38-,39+,42+,43+,44-/m0/s1. The van der Waals surface area contributed by atoms with Crippen molar-refractivity contribution in [2.75, 3.05) is 27.3 Å². The van der Waals surface area contributed by atoms with E-state index in [0.29, 0.717) is 38.5 Å². The van der Waals surface area contributed by atoms with Gasteiger partial charge in [0.25, 0.3) is 0 Å². The van der Waals surface area contributed by atoms with Gasteiger partial charge < -0.3 is 29.7 Å². The van der Waals surface area contributed by atoms with Crippen molar-refractivity contribution in [2.24, 2.45) is 69.0 Å². The van der Waals surface area contributed by atoms with Gasteiger partial charge in [-0.15, -0.1) is 0 Å². The highest BCUT2D eigenvalue weighted by Crippen LogP contribution is 2.66. The number of fused-ring (bicyclic) bond motifs is 6. The molecule has 0 bridgehead atoms. The second-order valence-corrected chi connectivity index (χ2v) is 19.6. The Labute approximate surface area is 326 Å². The summed E-state index contributed by atoms with van der Waals surface area (Å²) in [5.74, 6) is -3.96. The van der Waals surface area contributed by atoms with Gasteiger partial charge in [-0.1, -0.05) is 59.1 Å². The SMILES string of the molecule is COC(=O)[C@@]1(C)CCC[C@@]2(C)[C@H]1C(=O)[C@H](O)[C@H]1[C@@H](C)/C(=C/C(=O)OC3CC[C@]4(C)[C@H]5CC/C(=C\C(=O)N(C)CCO)[C@H](C)[C@@H]5[C@@H](O)C(=O)[C@H]4C3(C)C)CC[C@@H]12. The Kier molecular flexibility index (Phi) is 11.2. The van der Waals surface area contributed by atoms with Crippen LogP contribution in [0.25, 0.3) is 0 Å². The number of methoxy groups -OCH3 is 1. The van der Waals surface area contributed by atoms with Crippen LogP contribution in [0.15, 0.2) is 23.3 Å². The van der Waals surface area contributed by atoms with Crippen molar-refractivity contribution in [3.05, 3.63) is 23.3 Å². The zero-order valence-electron chi connectivity index (χ0n) is 34.4. The van der Waals surface area contributed by atoms with Gasteiger partial charge in [0.2, 0.25) is 5.91 Å². The predicted molar refractivity (Wildman–Crippen MR) is 204 cm³/mol. The van der Waals surface area contributed by atoms with Gasteiger partial charge in [-0.3, -0.25) is 19.2 Å². The van der Waals surface area contributed by atoms with Crippen LogP contribution in [0.1, 0.15) is 106 Å². The molecule has 6 fully saturated rings. The smallest absolute Gasteiger partial charge is 0.331 e. The van der Waals surface area contributed by atoms with Gasteiger partial charge in [-0.2, -0.15) is 0 Å². The topological polar surface area (TPSA) is 168 Å². The maximum absolute atomic E-state index is 14.3. The number of ketones is 2. The van der Waals surface area contributed by atoms with Crippen molar-refractivity contribution < 1.29 is 48.8 Å². The number of ether oxygens (including phenoxy) is 2. The fourth-order valence-electron chi connectivity index (χ4n) is 13.8. The minimum atomic E-state index is -1.26. The summed E-state index contributed by atoms with van der Waals surface area (Å²) in [7, 11) is 2.99.